The van der Waals surface area contributed by atoms with E-state index >= 15 is 0 Å². The Morgan fingerprint density at radius 2 is 1.65 bits per heavy atom. The normalized spacial score (nSPS) is 17.5. The molecule has 3 aromatic heterocycles. The minimum atomic E-state index is -3.54. The lowest BCUT2D eigenvalue weighted by Crippen LogP contribution is -2.56. The van der Waals surface area contributed by atoms with E-state index in [0.717, 1.165) is 61.9 Å². The van der Waals surface area contributed by atoms with E-state index in [4.69, 9.17) is 23.9 Å². The highest BCUT2D eigenvalue weighted by molar-refractivity contribution is 7.90. The summed E-state index contributed by atoms with van der Waals surface area (Å²) >= 11 is 0. The minimum Gasteiger partial charge on any atom is -0.458 e. The van der Waals surface area contributed by atoms with Gasteiger partial charge in [-0.2, -0.15) is 0 Å². The van der Waals surface area contributed by atoms with E-state index < -0.39 is 51.2 Å². The van der Waals surface area contributed by atoms with E-state index in [1.54, 1.807) is 37.5 Å². The number of amides is 4. The topological polar surface area (TPSA) is 292 Å². The first-order chi connectivity index (χ1) is 37.3. The maximum absolute atomic E-state index is 13.9. The number of sulfone groups is 1. The van der Waals surface area contributed by atoms with Gasteiger partial charge in [-0.25, -0.2) is 28.2 Å². The van der Waals surface area contributed by atoms with Gasteiger partial charge in [-0.05, 0) is 82.2 Å². The van der Waals surface area contributed by atoms with Gasteiger partial charge in [-0.3, -0.25) is 24.0 Å². The zero-order valence-corrected chi connectivity index (χ0v) is 45.5. The Kier molecular flexibility index (Phi) is 18.4. The summed E-state index contributed by atoms with van der Waals surface area (Å²) in [6.07, 6.45) is 7.16. The van der Waals surface area contributed by atoms with Gasteiger partial charge in [0, 0.05) is 86.9 Å². The number of hydrogen-bond acceptors (Lipinski definition) is 18. The zero-order valence-electron chi connectivity index (χ0n) is 44.7. The molecule has 23 nitrogen and oxygen atoms in total. The zero-order chi connectivity index (χ0) is 55.7. The summed E-state index contributed by atoms with van der Waals surface area (Å²) in [5, 5.41) is 22.9. The van der Waals surface area contributed by atoms with Crippen LogP contribution in [-0.4, -0.2) is 157 Å². The Morgan fingerprint density at radius 1 is 0.910 bits per heavy atom. The Hall–Kier alpha value is -7.04. The quantitative estimate of drug-likeness (QED) is 0.0203. The molecule has 1 fully saturated rings. The Labute approximate surface area is 452 Å². The molecule has 0 aliphatic carbocycles. The number of carbonyl (C=O) groups excluding carboxylic acids is 5. The molecule has 5 N–H and O–H groups in total. The first-order valence-corrected chi connectivity index (χ1v) is 28.3. The summed E-state index contributed by atoms with van der Waals surface area (Å²) < 4.78 is 47.3. The Balaban J connectivity index is 0.838. The van der Waals surface area contributed by atoms with Crippen LogP contribution in [0.15, 0.2) is 40.5 Å². The molecule has 78 heavy (non-hydrogen) atoms. The molecule has 4 aromatic rings. The van der Waals surface area contributed by atoms with Crippen molar-refractivity contribution in [3.63, 3.8) is 0 Å². The molecule has 418 valence electrons. The number of benzene rings is 1. The van der Waals surface area contributed by atoms with Gasteiger partial charge >= 0.3 is 5.97 Å². The molecule has 24 heteroatoms. The molecule has 0 bridgehead atoms. The van der Waals surface area contributed by atoms with Gasteiger partial charge in [-0.1, -0.05) is 32.6 Å². The fraction of sp³-hybridized carbons (Fsp3) is 0.537. The third-order valence-corrected chi connectivity index (χ3v) is 15.3. The summed E-state index contributed by atoms with van der Waals surface area (Å²) in [7, 11) is -1.45. The van der Waals surface area contributed by atoms with E-state index in [1.807, 2.05) is 6.07 Å². The van der Waals surface area contributed by atoms with Gasteiger partial charge in [0.25, 0.3) is 5.56 Å². The number of hydrogen-bond donors (Lipinski definition) is 5. The van der Waals surface area contributed by atoms with Crippen LogP contribution in [0.1, 0.15) is 100.0 Å². The lowest BCUT2D eigenvalue weighted by molar-refractivity contribution is -0.172. The number of esters is 1. The number of ether oxygens (including phenoxy) is 4. The SMILES string of the molecule is CC[C@@]1(O)C(=O)OCc2c1cc1n(c2=O)Cc2c-1nc1cc3c(cc1c2CCCOCNC(=O)CNC(=O)[C@H](CCCCN1CCN(C)CC1)NC(=O)[C@@H](NC(=O)CCCC#Cc1cnc(S(C)(=O)=O)nc1)C(C)C)OCO3. The highest BCUT2D eigenvalue weighted by atomic mass is 32.2. The summed E-state index contributed by atoms with van der Waals surface area (Å²) in [5.41, 5.74) is 1.85. The van der Waals surface area contributed by atoms with Crippen LogP contribution in [0.3, 0.4) is 0 Å². The van der Waals surface area contributed by atoms with Crippen molar-refractivity contribution >= 4 is 50.3 Å². The van der Waals surface area contributed by atoms with Crippen molar-refractivity contribution in [2.75, 3.05) is 72.7 Å². The van der Waals surface area contributed by atoms with Crippen LogP contribution in [0.5, 0.6) is 11.5 Å². The van der Waals surface area contributed by atoms with Crippen LogP contribution in [0.2, 0.25) is 0 Å². The van der Waals surface area contributed by atoms with Crippen molar-refractivity contribution < 1.29 is 56.4 Å². The largest absolute Gasteiger partial charge is 0.458 e. The van der Waals surface area contributed by atoms with Gasteiger partial charge in [0.2, 0.25) is 45.4 Å². The van der Waals surface area contributed by atoms with Crippen molar-refractivity contribution in [1.82, 2.24) is 50.6 Å². The van der Waals surface area contributed by atoms with Gasteiger partial charge < -0.3 is 59.7 Å². The van der Waals surface area contributed by atoms with Crippen LogP contribution < -0.4 is 36.3 Å². The molecule has 1 saturated heterocycles. The standard InChI is InChI=1S/C54H68N10O13S/c1-6-54(71)39-24-42-48-37(29-64(42)51(69)38(39)30-75-52(54)70)35(36-23-43-44(77-32-76-43)25-41(36)59-48)14-12-22-74-31-58-46(66)28-55-49(67)40(15-10-11-17-63-20-18-62(4)19-21-63)60-50(68)47(33(2)3)61-45(65)16-9-7-8-13-34-26-56-53(57-27-34)78(5,72)73/h23-27,33,40,47,71H,6-7,9-12,14-22,28-32H2,1-5H3,(H,55,67)(H,58,66)(H,60,68)(H,61,65)/t40-,47-,54-/m0/s1. The van der Waals surface area contributed by atoms with Crippen LogP contribution in [0.4, 0.5) is 0 Å². The van der Waals surface area contributed by atoms with Gasteiger partial charge in [0.1, 0.15) is 25.4 Å². The predicted octanol–water partition coefficient (Wildman–Crippen LogP) is 1.41. The monoisotopic (exact) mass is 1100 g/mol. The number of aryl methyl sites for hydroxylation is 1. The maximum atomic E-state index is 13.9. The number of carbonyl (C=O) groups is 5. The fourth-order valence-corrected chi connectivity index (χ4v) is 10.4. The highest BCUT2D eigenvalue weighted by Gasteiger charge is 2.45. The van der Waals surface area contributed by atoms with Gasteiger partial charge in [0.15, 0.2) is 17.1 Å². The molecule has 4 aliphatic heterocycles. The number of rotatable bonds is 23. The second kappa shape index (κ2) is 25.2. The number of aromatic nitrogens is 4. The van der Waals surface area contributed by atoms with E-state index in [-0.39, 0.29) is 86.3 Å². The third-order valence-electron chi connectivity index (χ3n) is 14.4. The van der Waals surface area contributed by atoms with Crippen LogP contribution in [0, 0.1) is 17.8 Å². The predicted molar refractivity (Wildman–Crippen MR) is 283 cm³/mol. The number of likely N-dealkylation sites (N-methyl/N-ethyl adjacent to an activating group) is 1. The second-order valence-corrected chi connectivity index (χ2v) is 22.3. The van der Waals surface area contributed by atoms with Crippen LogP contribution in [0.25, 0.3) is 22.3 Å². The van der Waals surface area contributed by atoms with Crippen molar-refractivity contribution in [3.05, 3.63) is 68.8 Å². The van der Waals surface area contributed by atoms with E-state index in [1.165, 1.54) is 12.4 Å². The molecule has 0 saturated carbocycles. The number of fused-ring (bicyclic) bond motifs is 6. The van der Waals surface area contributed by atoms with Gasteiger partial charge in [0.05, 0.1) is 41.1 Å². The fourth-order valence-electron chi connectivity index (χ4n) is 9.89. The van der Waals surface area contributed by atoms with Crippen LogP contribution in [-0.2, 0) is 68.5 Å². The first kappa shape index (κ1) is 57.1. The average Bonchev–Trinajstić information content (AvgIpc) is 4.25. The Morgan fingerprint density at radius 3 is 2.37 bits per heavy atom. The number of cyclic esters (lactones) is 1. The molecule has 1 aromatic carbocycles. The van der Waals surface area contributed by atoms with E-state index in [0.29, 0.717) is 72.5 Å². The lowest BCUT2D eigenvalue weighted by atomic mass is 9.86. The molecular formula is C54H68N10O13S. The minimum absolute atomic E-state index is 0.0154. The average molecular weight is 1100 g/mol. The van der Waals surface area contributed by atoms with Crippen molar-refractivity contribution in [2.45, 2.75) is 115 Å². The molecule has 7 heterocycles. The van der Waals surface area contributed by atoms with E-state index in [2.05, 4.69) is 59.9 Å². The van der Waals surface area contributed by atoms with Crippen molar-refractivity contribution in [1.29, 1.82) is 0 Å². The molecular weight excluding hydrogens is 1030 g/mol. The second-order valence-electron chi connectivity index (χ2n) is 20.4. The molecule has 0 spiro atoms. The molecule has 0 radical (unpaired) electrons. The Bertz CT molecular complexity index is 3170. The summed E-state index contributed by atoms with van der Waals surface area (Å²) in [4.78, 5) is 97.6. The van der Waals surface area contributed by atoms with E-state index in [9.17, 15) is 42.3 Å². The first-order valence-electron chi connectivity index (χ1n) is 26.4. The number of piperazine rings is 1. The molecule has 4 amide bonds. The maximum Gasteiger partial charge on any atom is 0.343 e. The van der Waals surface area contributed by atoms with Crippen molar-refractivity contribution in [3.8, 4) is 34.7 Å². The van der Waals surface area contributed by atoms with Crippen LogP contribution >= 0.6 is 0 Å². The number of unbranched alkanes of at least 4 members (excludes halogenated alkanes) is 2. The number of nitrogens with zero attached hydrogens (tertiary/aromatic N) is 6. The molecule has 8 rings (SSSR count). The highest BCUT2D eigenvalue weighted by Crippen LogP contribution is 2.43. The number of aliphatic hydroxyl groups is 1. The third kappa shape index (κ3) is 13.4. The summed E-state index contributed by atoms with van der Waals surface area (Å²) in [6, 6.07) is 3.39. The molecule has 4 aliphatic rings. The number of pyridine rings is 2. The lowest BCUT2D eigenvalue weighted by Gasteiger charge is -2.32. The molecule has 0 unspecified atom stereocenters. The smallest absolute Gasteiger partial charge is 0.343 e. The van der Waals surface area contributed by atoms with Gasteiger partial charge in [-0.15, -0.1) is 0 Å². The summed E-state index contributed by atoms with van der Waals surface area (Å²) in [5.74, 6) is 3.77. The van der Waals surface area contributed by atoms with Crippen molar-refractivity contribution in [2.24, 2.45) is 5.92 Å². The summed E-state index contributed by atoms with van der Waals surface area (Å²) in [6.45, 7) is 9.61. The number of nitrogens with one attached hydrogen (secondary N) is 4. The molecule has 3 atom stereocenters.